The van der Waals surface area contributed by atoms with E-state index in [1.807, 2.05) is 0 Å². The predicted molar refractivity (Wildman–Crippen MR) is 130 cm³/mol. The van der Waals surface area contributed by atoms with Crippen LogP contribution in [0.1, 0.15) is 5.56 Å². The van der Waals surface area contributed by atoms with Gasteiger partial charge in [-0.15, -0.1) is 0 Å². The number of nitrogens with zero attached hydrogens (tertiary/aromatic N) is 3. The molecule has 1 aliphatic heterocycles. The van der Waals surface area contributed by atoms with Crippen LogP contribution in [0.5, 0.6) is 5.75 Å². The topological polar surface area (TPSA) is 117 Å². The van der Waals surface area contributed by atoms with Crippen LogP contribution < -0.4 is 10.1 Å². The molecular weight excluding hydrogens is 510 g/mol. The zero-order valence-corrected chi connectivity index (χ0v) is 20.1. The van der Waals surface area contributed by atoms with Crippen LogP contribution in [0.3, 0.4) is 0 Å². The molecule has 37 heavy (non-hydrogen) atoms. The molecule has 2 aromatic carbocycles. The van der Waals surface area contributed by atoms with Crippen LogP contribution in [-0.4, -0.2) is 62.0 Å². The van der Waals surface area contributed by atoms with Gasteiger partial charge in [0.05, 0.1) is 30.8 Å². The van der Waals surface area contributed by atoms with Crippen LogP contribution in [0.15, 0.2) is 66.6 Å². The Kier molecular flexibility index (Phi) is 8.17. The molecule has 1 aliphatic rings. The van der Waals surface area contributed by atoms with Crippen LogP contribution in [0.25, 0.3) is 0 Å². The molecule has 0 radical (unpaired) electrons. The summed E-state index contributed by atoms with van der Waals surface area (Å²) in [6.07, 6.45) is 1.42. The number of para-hydroxylation sites is 1. The lowest BCUT2D eigenvalue weighted by atomic mass is 10.0. The number of ether oxygens (including phenoxy) is 1. The fourth-order valence-corrected chi connectivity index (χ4v) is 3.93. The normalized spacial score (nSPS) is 14.9. The van der Waals surface area contributed by atoms with Crippen molar-refractivity contribution in [2.24, 2.45) is 0 Å². The van der Waals surface area contributed by atoms with Gasteiger partial charge in [-0.05, 0) is 23.8 Å². The van der Waals surface area contributed by atoms with Crippen molar-refractivity contribution < 1.29 is 33.3 Å². The zero-order chi connectivity index (χ0) is 26.5. The van der Waals surface area contributed by atoms with Crippen LogP contribution >= 0.6 is 11.6 Å². The molecule has 3 aromatic rings. The van der Waals surface area contributed by atoms with Gasteiger partial charge < -0.3 is 25.2 Å². The monoisotopic (exact) mass is 532 g/mol. The zero-order valence-electron chi connectivity index (χ0n) is 19.4. The summed E-state index contributed by atoms with van der Waals surface area (Å²) in [7, 11) is 0. The number of halogens is 3. The number of nitrogens with one attached hydrogen (secondary N) is 1. The molecule has 0 unspecified atom stereocenters. The summed E-state index contributed by atoms with van der Waals surface area (Å²) < 4.78 is 35.0. The predicted octanol–water partition coefficient (Wildman–Crippen LogP) is 2.52. The lowest BCUT2D eigenvalue weighted by molar-refractivity contribution is -0.133. The van der Waals surface area contributed by atoms with Gasteiger partial charge in [0, 0.05) is 30.8 Å². The van der Waals surface area contributed by atoms with E-state index < -0.39 is 42.2 Å². The molecule has 0 spiro atoms. The van der Waals surface area contributed by atoms with E-state index in [0.717, 1.165) is 6.07 Å². The largest absolute Gasteiger partial charge is 0.458 e. The molecule has 0 saturated heterocycles. The molecule has 194 valence electrons. The molecule has 0 aliphatic carbocycles. The average molecular weight is 533 g/mol. The third-order valence-electron chi connectivity index (χ3n) is 5.58. The summed E-state index contributed by atoms with van der Waals surface area (Å²) in [5, 5.41) is 25.6. The van der Waals surface area contributed by atoms with Gasteiger partial charge >= 0.3 is 0 Å². The van der Waals surface area contributed by atoms with E-state index in [1.54, 1.807) is 24.3 Å². The van der Waals surface area contributed by atoms with Crippen LogP contribution in [-0.2, 0) is 22.6 Å². The van der Waals surface area contributed by atoms with Crippen molar-refractivity contribution in [2.75, 3.05) is 18.5 Å². The number of aromatic nitrogens is 2. The Morgan fingerprint density at radius 3 is 2.73 bits per heavy atom. The third kappa shape index (κ3) is 6.50. The first kappa shape index (κ1) is 26.3. The molecule has 3 N–H and O–H groups in total. The molecule has 4 rings (SSSR count). The quantitative estimate of drug-likeness (QED) is 0.369. The molecule has 2 heterocycles. The molecule has 0 saturated carbocycles. The highest BCUT2D eigenvalue weighted by molar-refractivity contribution is 6.32. The number of anilines is 1. The van der Waals surface area contributed by atoms with Gasteiger partial charge in [-0.3, -0.25) is 14.3 Å². The Hall–Kier alpha value is -3.80. The molecule has 2 atom stereocenters. The van der Waals surface area contributed by atoms with E-state index in [0.29, 0.717) is 16.8 Å². The van der Waals surface area contributed by atoms with Gasteiger partial charge in [-0.1, -0.05) is 29.8 Å². The Balaban J connectivity index is 1.54. The number of carbonyl (C=O) groups excluding carboxylic acids is 2. The fourth-order valence-electron chi connectivity index (χ4n) is 3.76. The standard InChI is InChI=1S/C25H23ClF2N4O5/c26-19-3-1-2-4-22(19)37-18-11-24(35)32(13-18)21(9-15-5-6-16(27)10-20(15)28)25(36)29-23-7-8-31(30-23)12-17(34)14-33/h1-8,10-11,17,21,33-34H,9,12-14H2,(H,29,30,36)/t17-,21+/m1/s1. The number of benzene rings is 2. The van der Waals surface area contributed by atoms with Gasteiger partial charge in [-0.25, -0.2) is 8.78 Å². The van der Waals surface area contributed by atoms with E-state index >= 15 is 0 Å². The smallest absolute Gasteiger partial charge is 0.251 e. The van der Waals surface area contributed by atoms with Crippen molar-refractivity contribution in [3.8, 4) is 5.75 Å². The number of amides is 2. The first-order chi connectivity index (χ1) is 17.7. The van der Waals surface area contributed by atoms with Crippen molar-refractivity contribution in [3.05, 3.63) is 88.8 Å². The maximum atomic E-state index is 14.5. The van der Waals surface area contributed by atoms with Gasteiger partial charge in [0.1, 0.15) is 29.2 Å². The van der Waals surface area contributed by atoms with Gasteiger partial charge in [0.2, 0.25) is 5.91 Å². The highest BCUT2D eigenvalue weighted by Gasteiger charge is 2.35. The summed E-state index contributed by atoms with van der Waals surface area (Å²) in [5.74, 6) is -2.16. The minimum atomic E-state index is -1.20. The second-order valence-electron chi connectivity index (χ2n) is 8.31. The van der Waals surface area contributed by atoms with Crippen molar-refractivity contribution in [2.45, 2.75) is 25.1 Å². The number of aliphatic hydroxyl groups is 2. The average Bonchev–Trinajstić information content (AvgIpc) is 3.45. The van der Waals surface area contributed by atoms with E-state index in [9.17, 15) is 23.5 Å². The van der Waals surface area contributed by atoms with Crippen molar-refractivity contribution in [3.63, 3.8) is 0 Å². The van der Waals surface area contributed by atoms with Gasteiger partial charge in [0.25, 0.3) is 5.91 Å². The van der Waals surface area contributed by atoms with Crippen LogP contribution in [0.4, 0.5) is 14.6 Å². The van der Waals surface area contributed by atoms with Crippen LogP contribution in [0, 0.1) is 11.6 Å². The molecule has 2 amide bonds. The number of aliphatic hydroxyl groups excluding tert-OH is 2. The molecule has 1 aromatic heterocycles. The molecule has 0 fully saturated rings. The minimum absolute atomic E-state index is 0.00609. The first-order valence-corrected chi connectivity index (χ1v) is 11.6. The van der Waals surface area contributed by atoms with Crippen molar-refractivity contribution in [1.82, 2.24) is 14.7 Å². The second-order valence-corrected chi connectivity index (χ2v) is 8.72. The van der Waals surface area contributed by atoms with Crippen molar-refractivity contribution >= 4 is 29.2 Å². The molecule has 0 bridgehead atoms. The van der Waals surface area contributed by atoms with E-state index in [1.165, 1.54) is 34.0 Å². The first-order valence-electron chi connectivity index (χ1n) is 11.2. The Morgan fingerprint density at radius 2 is 2.00 bits per heavy atom. The molecule has 12 heteroatoms. The highest BCUT2D eigenvalue weighted by Crippen LogP contribution is 2.28. The van der Waals surface area contributed by atoms with Crippen molar-refractivity contribution in [1.29, 1.82) is 0 Å². The van der Waals surface area contributed by atoms with Crippen LogP contribution in [0.2, 0.25) is 5.02 Å². The highest BCUT2D eigenvalue weighted by atomic mass is 35.5. The summed E-state index contributed by atoms with van der Waals surface area (Å²) in [5.41, 5.74) is 0.0337. The number of carbonyl (C=O) groups is 2. The summed E-state index contributed by atoms with van der Waals surface area (Å²) in [4.78, 5) is 27.4. The maximum absolute atomic E-state index is 14.5. The molecular formula is C25H23ClF2N4O5. The Labute approximate surface area is 215 Å². The second kappa shape index (κ2) is 11.5. The third-order valence-corrected chi connectivity index (χ3v) is 5.89. The van der Waals surface area contributed by atoms with Gasteiger partial charge in [0.15, 0.2) is 5.82 Å². The Morgan fingerprint density at radius 1 is 1.22 bits per heavy atom. The number of hydrogen-bond acceptors (Lipinski definition) is 6. The van der Waals surface area contributed by atoms with E-state index in [4.69, 9.17) is 21.4 Å². The molecule has 9 nitrogen and oxygen atoms in total. The number of hydrogen-bond donors (Lipinski definition) is 3. The summed E-state index contributed by atoms with van der Waals surface area (Å²) in [6, 6.07) is 9.92. The fraction of sp³-hybridized carbons (Fsp3) is 0.240. The summed E-state index contributed by atoms with van der Waals surface area (Å²) in [6.45, 7) is -0.564. The summed E-state index contributed by atoms with van der Waals surface area (Å²) >= 11 is 6.13. The van der Waals surface area contributed by atoms with E-state index in [-0.39, 0.29) is 36.7 Å². The number of rotatable bonds is 10. The lowest BCUT2D eigenvalue weighted by Crippen LogP contribution is -2.47. The lowest BCUT2D eigenvalue weighted by Gasteiger charge is -2.27. The minimum Gasteiger partial charge on any atom is -0.458 e. The SMILES string of the molecule is O=C(Nc1ccn(C[C@@H](O)CO)n1)[C@H](Cc1ccc(F)cc1F)N1CC(Oc2ccccc2Cl)=CC1=O. The Bertz CT molecular complexity index is 1330. The van der Waals surface area contributed by atoms with Gasteiger partial charge in [-0.2, -0.15) is 5.10 Å². The maximum Gasteiger partial charge on any atom is 0.251 e. The van der Waals surface area contributed by atoms with E-state index in [2.05, 4.69) is 10.4 Å².